The van der Waals surface area contributed by atoms with E-state index in [-0.39, 0.29) is 10.8 Å². The van der Waals surface area contributed by atoms with Crippen molar-refractivity contribution in [3.8, 4) is 22.8 Å². The number of amides is 1. The van der Waals surface area contributed by atoms with Crippen LogP contribution in [0.1, 0.15) is 10.6 Å². The third kappa shape index (κ3) is 4.04. The Labute approximate surface area is 195 Å². The molecule has 1 N–H and O–H groups in total. The molecule has 0 atom stereocenters. The van der Waals surface area contributed by atoms with E-state index >= 15 is 0 Å². The molecule has 5 aromatic rings. The van der Waals surface area contributed by atoms with Crippen molar-refractivity contribution in [2.75, 3.05) is 5.32 Å². The molecule has 0 saturated carbocycles. The van der Waals surface area contributed by atoms with E-state index in [1.54, 1.807) is 30.3 Å². The number of furan rings is 1. The minimum atomic E-state index is -0.522. The van der Waals surface area contributed by atoms with Crippen molar-refractivity contribution in [1.29, 1.82) is 0 Å². The molecular weight excluding hydrogens is 499 g/mol. The van der Waals surface area contributed by atoms with E-state index in [0.29, 0.717) is 34.0 Å². The lowest BCUT2D eigenvalue weighted by atomic mass is 10.2. The minimum absolute atomic E-state index is 0.0203. The molecule has 0 saturated heterocycles. The fraction of sp³-hybridized carbons (Fsp3) is 0. The van der Waals surface area contributed by atoms with Crippen molar-refractivity contribution in [1.82, 2.24) is 4.98 Å². The van der Waals surface area contributed by atoms with Crippen molar-refractivity contribution in [3.05, 3.63) is 93.9 Å². The van der Waals surface area contributed by atoms with Crippen molar-refractivity contribution in [2.24, 2.45) is 0 Å². The van der Waals surface area contributed by atoms with Gasteiger partial charge in [0.25, 0.3) is 5.91 Å². The number of anilines is 1. The Hall–Kier alpha value is -3.42. The Bertz CT molecular complexity index is 1480. The number of nitrogens with one attached hydrogen (secondary N) is 1. The smallest absolute Gasteiger partial charge is 0.291 e. The maximum atomic E-state index is 13.4. The maximum Gasteiger partial charge on any atom is 0.291 e. The number of oxazole rings is 1. The molecule has 0 radical (unpaired) electrons. The highest BCUT2D eigenvalue weighted by Gasteiger charge is 2.15. The van der Waals surface area contributed by atoms with Crippen LogP contribution in [0.15, 0.2) is 86.1 Å². The van der Waals surface area contributed by atoms with Gasteiger partial charge in [-0.2, -0.15) is 0 Å². The number of aromatic nitrogens is 1. The standard InChI is InChI=1S/C24H13BrClFN2O3/c25-15-3-1-2-14(10-15)24-29-19-12-16(5-7-21(19)32-24)28-23(30)22-9-8-20(31-22)13-4-6-18(27)17(26)11-13/h1-12H,(H,28,30). The van der Waals surface area contributed by atoms with E-state index in [1.165, 1.54) is 18.2 Å². The summed E-state index contributed by atoms with van der Waals surface area (Å²) < 4.78 is 25.7. The zero-order valence-electron chi connectivity index (χ0n) is 16.2. The predicted octanol–water partition coefficient (Wildman–Crippen LogP) is 7.56. The molecular formula is C24H13BrClFN2O3. The summed E-state index contributed by atoms with van der Waals surface area (Å²) in [6.45, 7) is 0. The topological polar surface area (TPSA) is 68.3 Å². The Balaban J connectivity index is 1.37. The number of rotatable bonds is 4. The summed E-state index contributed by atoms with van der Waals surface area (Å²) in [5.41, 5.74) is 3.16. The molecule has 2 aromatic heterocycles. The first-order chi connectivity index (χ1) is 15.5. The molecule has 0 spiro atoms. The van der Waals surface area contributed by atoms with Crippen LogP contribution in [0.4, 0.5) is 10.1 Å². The Morgan fingerprint density at radius 3 is 2.66 bits per heavy atom. The van der Waals surface area contributed by atoms with E-state index in [9.17, 15) is 9.18 Å². The molecule has 0 aliphatic rings. The number of halogens is 3. The molecule has 5 nitrogen and oxygen atoms in total. The Morgan fingerprint density at radius 1 is 0.969 bits per heavy atom. The lowest BCUT2D eigenvalue weighted by Gasteiger charge is -2.03. The highest BCUT2D eigenvalue weighted by atomic mass is 79.9. The molecule has 0 aliphatic carbocycles. The van der Waals surface area contributed by atoms with E-state index < -0.39 is 11.7 Å². The van der Waals surface area contributed by atoms with E-state index in [4.69, 9.17) is 20.4 Å². The van der Waals surface area contributed by atoms with Gasteiger partial charge in [0.1, 0.15) is 17.1 Å². The van der Waals surface area contributed by atoms with Gasteiger partial charge in [0, 0.05) is 21.3 Å². The molecule has 0 aliphatic heterocycles. The van der Waals surface area contributed by atoms with E-state index in [0.717, 1.165) is 10.0 Å². The summed E-state index contributed by atoms with van der Waals surface area (Å²) in [4.78, 5) is 17.2. The Kier molecular flexibility index (Phi) is 5.28. The summed E-state index contributed by atoms with van der Waals surface area (Å²) in [5, 5.41) is 2.77. The van der Waals surface area contributed by atoms with E-state index in [2.05, 4.69) is 26.2 Å². The quantitative estimate of drug-likeness (QED) is 0.270. The first kappa shape index (κ1) is 20.5. The number of carbonyl (C=O) groups is 1. The van der Waals surface area contributed by atoms with Crippen molar-refractivity contribution < 1.29 is 18.0 Å². The van der Waals surface area contributed by atoms with Crippen LogP contribution in [0.3, 0.4) is 0 Å². The molecule has 32 heavy (non-hydrogen) atoms. The van der Waals surface area contributed by atoms with Gasteiger partial charge in [-0.15, -0.1) is 0 Å². The SMILES string of the molecule is O=C(Nc1ccc2oc(-c3cccc(Br)c3)nc2c1)c1ccc(-c2ccc(F)c(Cl)c2)o1. The second-order valence-electron chi connectivity index (χ2n) is 6.96. The zero-order chi connectivity index (χ0) is 22.2. The second kappa shape index (κ2) is 8.26. The van der Waals surface area contributed by atoms with Crippen LogP contribution in [0.5, 0.6) is 0 Å². The molecule has 1 amide bonds. The fourth-order valence-corrected chi connectivity index (χ4v) is 3.79. The van der Waals surface area contributed by atoms with Crippen molar-refractivity contribution >= 4 is 50.2 Å². The first-order valence-electron chi connectivity index (χ1n) is 9.49. The molecule has 0 unspecified atom stereocenters. The van der Waals surface area contributed by atoms with Crippen LogP contribution in [-0.2, 0) is 0 Å². The summed E-state index contributed by atoms with van der Waals surface area (Å²) in [7, 11) is 0. The highest BCUT2D eigenvalue weighted by molar-refractivity contribution is 9.10. The third-order valence-electron chi connectivity index (χ3n) is 4.75. The zero-order valence-corrected chi connectivity index (χ0v) is 18.6. The number of hydrogen-bond donors (Lipinski definition) is 1. The average Bonchev–Trinajstić information content (AvgIpc) is 3.43. The van der Waals surface area contributed by atoms with Gasteiger partial charge in [-0.25, -0.2) is 9.37 Å². The van der Waals surface area contributed by atoms with Gasteiger partial charge in [0.05, 0.1) is 5.02 Å². The summed E-state index contributed by atoms with van der Waals surface area (Å²) in [5.74, 6) is 0.0439. The lowest BCUT2D eigenvalue weighted by Crippen LogP contribution is -2.10. The van der Waals surface area contributed by atoms with Crippen molar-refractivity contribution in [2.45, 2.75) is 0 Å². The van der Waals surface area contributed by atoms with Gasteiger partial charge in [-0.05, 0) is 66.7 Å². The molecule has 5 rings (SSSR count). The van der Waals surface area contributed by atoms with Crippen molar-refractivity contribution in [3.63, 3.8) is 0 Å². The largest absolute Gasteiger partial charge is 0.451 e. The molecule has 8 heteroatoms. The lowest BCUT2D eigenvalue weighted by molar-refractivity contribution is 0.0997. The molecule has 158 valence electrons. The number of benzene rings is 3. The average molecular weight is 512 g/mol. The minimum Gasteiger partial charge on any atom is -0.451 e. The maximum absolute atomic E-state index is 13.4. The van der Waals surface area contributed by atoms with E-state index in [1.807, 2.05) is 24.3 Å². The summed E-state index contributed by atoms with van der Waals surface area (Å²) in [6, 6.07) is 20.2. The molecule has 2 heterocycles. The van der Waals surface area contributed by atoms with Gasteiger partial charge >= 0.3 is 0 Å². The van der Waals surface area contributed by atoms with Crippen LogP contribution in [0.2, 0.25) is 5.02 Å². The van der Waals surface area contributed by atoms with Gasteiger partial charge in [-0.3, -0.25) is 4.79 Å². The number of hydrogen-bond acceptors (Lipinski definition) is 4. The fourth-order valence-electron chi connectivity index (χ4n) is 3.21. The van der Waals surface area contributed by atoms with Gasteiger partial charge < -0.3 is 14.2 Å². The van der Waals surface area contributed by atoms with Crippen LogP contribution >= 0.6 is 27.5 Å². The number of carbonyl (C=O) groups excluding carboxylic acids is 1. The third-order valence-corrected chi connectivity index (χ3v) is 5.53. The second-order valence-corrected chi connectivity index (χ2v) is 8.28. The van der Waals surface area contributed by atoms with Crippen LogP contribution in [0.25, 0.3) is 33.9 Å². The normalized spacial score (nSPS) is 11.1. The Morgan fingerprint density at radius 2 is 1.84 bits per heavy atom. The van der Waals surface area contributed by atoms with Crippen LogP contribution in [-0.4, -0.2) is 10.9 Å². The molecule has 0 bridgehead atoms. The molecule has 0 fully saturated rings. The first-order valence-corrected chi connectivity index (χ1v) is 10.7. The van der Waals surface area contributed by atoms with Crippen LogP contribution < -0.4 is 5.32 Å². The summed E-state index contributed by atoms with van der Waals surface area (Å²) >= 11 is 9.26. The summed E-state index contributed by atoms with van der Waals surface area (Å²) in [6.07, 6.45) is 0. The molecule has 3 aromatic carbocycles. The number of fused-ring (bicyclic) bond motifs is 1. The van der Waals surface area contributed by atoms with Gasteiger partial charge in [0.2, 0.25) is 5.89 Å². The highest BCUT2D eigenvalue weighted by Crippen LogP contribution is 2.29. The van der Waals surface area contributed by atoms with Gasteiger partial charge in [0.15, 0.2) is 11.3 Å². The number of nitrogens with zero attached hydrogens (tertiary/aromatic N) is 1. The van der Waals surface area contributed by atoms with Gasteiger partial charge in [-0.1, -0.05) is 33.6 Å². The van der Waals surface area contributed by atoms with Crippen LogP contribution in [0, 0.1) is 5.82 Å². The predicted molar refractivity (Wildman–Crippen MR) is 124 cm³/mol. The monoisotopic (exact) mass is 510 g/mol.